The standard InChI is InChI=1S/C21H38N4O/c1-3-22-21(23-14-17-8-6-7-16(2)13-17)24-19-11-12-25(15-19)20(26)18-9-4-5-10-18/h16-19H,3-15H2,1-2H3,(H2,22,23,24). The Morgan fingerprint density at radius 2 is 1.92 bits per heavy atom. The molecule has 0 aromatic rings. The summed E-state index contributed by atoms with van der Waals surface area (Å²) in [5.74, 6) is 3.21. The Kier molecular flexibility index (Phi) is 7.21. The summed E-state index contributed by atoms with van der Waals surface area (Å²) in [5.41, 5.74) is 0. The molecule has 3 unspecified atom stereocenters. The van der Waals surface area contributed by atoms with Crippen molar-refractivity contribution in [2.75, 3.05) is 26.2 Å². The van der Waals surface area contributed by atoms with Crippen molar-refractivity contribution in [1.82, 2.24) is 15.5 Å². The number of amides is 1. The van der Waals surface area contributed by atoms with Crippen LogP contribution >= 0.6 is 0 Å². The zero-order chi connectivity index (χ0) is 18.4. The smallest absolute Gasteiger partial charge is 0.225 e. The van der Waals surface area contributed by atoms with Crippen molar-refractivity contribution in [1.29, 1.82) is 0 Å². The third-order valence-electron chi connectivity index (χ3n) is 6.44. The lowest BCUT2D eigenvalue weighted by Crippen LogP contribution is -2.45. The fourth-order valence-electron chi connectivity index (χ4n) is 4.97. The molecule has 1 aliphatic heterocycles. The van der Waals surface area contributed by atoms with E-state index in [2.05, 4.69) is 29.4 Å². The maximum atomic E-state index is 12.6. The van der Waals surface area contributed by atoms with Crippen LogP contribution < -0.4 is 10.6 Å². The molecule has 3 atom stereocenters. The Bertz CT molecular complexity index is 486. The second-order valence-electron chi connectivity index (χ2n) is 8.75. The summed E-state index contributed by atoms with van der Waals surface area (Å²) < 4.78 is 0. The van der Waals surface area contributed by atoms with Gasteiger partial charge in [0, 0.05) is 38.1 Å². The average Bonchev–Trinajstić information content (AvgIpc) is 3.31. The number of nitrogens with one attached hydrogen (secondary N) is 2. The van der Waals surface area contributed by atoms with Crippen LogP contribution in [-0.4, -0.2) is 49.0 Å². The van der Waals surface area contributed by atoms with Gasteiger partial charge in [0.1, 0.15) is 0 Å². The van der Waals surface area contributed by atoms with Gasteiger partial charge >= 0.3 is 0 Å². The van der Waals surface area contributed by atoms with Gasteiger partial charge in [-0.2, -0.15) is 0 Å². The lowest BCUT2D eigenvalue weighted by Gasteiger charge is -2.26. The van der Waals surface area contributed by atoms with Gasteiger partial charge in [-0.05, 0) is 50.9 Å². The van der Waals surface area contributed by atoms with Crippen molar-refractivity contribution in [3.05, 3.63) is 0 Å². The van der Waals surface area contributed by atoms with Crippen molar-refractivity contribution >= 4 is 11.9 Å². The fraction of sp³-hybridized carbons (Fsp3) is 0.905. The quantitative estimate of drug-likeness (QED) is 0.583. The van der Waals surface area contributed by atoms with Gasteiger partial charge in [0.05, 0.1) is 0 Å². The van der Waals surface area contributed by atoms with Crippen LogP contribution in [0.3, 0.4) is 0 Å². The summed E-state index contributed by atoms with van der Waals surface area (Å²) in [4.78, 5) is 19.6. The largest absolute Gasteiger partial charge is 0.357 e. The third-order valence-corrected chi connectivity index (χ3v) is 6.44. The summed E-state index contributed by atoms with van der Waals surface area (Å²) in [6.07, 6.45) is 11.0. The first-order chi connectivity index (χ1) is 12.7. The first kappa shape index (κ1) is 19.5. The number of carbonyl (C=O) groups is 1. The molecule has 2 N–H and O–H groups in total. The van der Waals surface area contributed by atoms with Crippen LogP contribution in [0.5, 0.6) is 0 Å². The van der Waals surface area contributed by atoms with Gasteiger partial charge in [-0.15, -0.1) is 0 Å². The van der Waals surface area contributed by atoms with E-state index in [9.17, 15) is 4.79 Å². The van der Waals surface area contributed by atoms with Crippen LogP contribution in [0.2, 0.25) is 0 Å². The molecule has 3 fully saturated rings. The van der Waals surface area contributed by atoms with Crippen molar-refractivity contribution in [2.45, 2.75) is 77.7 Å². The van der Waals surface area contributed by atoms with E-state index in [1.54, 1.807) is 0 Å². The third kappa shape index (κ3) is 5.37. The molecule has 0 bridgehead atoms. The highest BCUT2D eigenvalue weighted by Crippen LogP contribution is 2.29. The molecule has 0 radical (unpaired) electrons. The number of guanidine groups is 1. The summed E-state index contributed by atoms with van der Waals surface area (Å²) >= 11 is 0. The Hall–Kier alpha value is -1.26. The van der Waals surface area contributed by atoms with Gasteiger partial charge in [-0.25, -0.2) is 0 Å². The minimum Gasteiger partial charge on any atom is -0.357 e. The molecule has 0 aromatic heterocycles. The molecule has 5 heteroatoms. The number of rotatable bonds is 5. The summed E-state index contributed by atoms with van der Waals surface area (Å²) in [6.45, 7) is 8.02. The maximum Gasteiger partial charge on any atom is 0.225 e. The first-order valence-corrected chi connectivity index (χ1v) is 11.0. The second kappa shape index (κ2) is 9.61. The Labute approximate surface area is 159 Å². The van der Waals surface area contributed by atoms with Gasteiger partial charge in [0.2, 0.25) is 5.91 Å². The average molecular weight is 363 g/mol. The second-order valence-corrected chi connectivity index (χ2v) is 8.75. The molecule has 2 saturated carbocycles. The topological polar surface area (TPSA) is 56.7 Å². The highest BCUT2D eigenvalue weighted by molar-refractivity contribution is 5.81. The molecular formula is C21H38N4O. The Morgan fingerprint density at radius 1 is 1.12 bits per heavy atom. The zero-order valence-electron chi connectivity index (χ0n) is 16.8. The van der Waals surface area contributed by atoms with Crippen LogP contribution in [0, 0.1) is 17.8 Å². The highest BCUT2D eigenvalue weighted by Gasteiger charge is 2.32. The van der Waals surface area contributed by atoms with Crippen LogP contribution in [-0.2, 0) is 4.79 Å². The maximum absolute atomic E-state index is 12.6. The molecular weight excluding hydrogens is 324 g/mol. The van der Waals surface area contributed by atoms with E-state index in [0.717, 1.165) is 63.2 Å². The van der Waals surface area contributed by atoms with Crippen LogP contribution in [0.25, 0.3) is 0 Å². The van der Waals surface area contributed by atoms with Crippen LogP contribution in [0.4, 0.5) is 0 Å². The summed E-state index contributed by atoms with van der Waals surface area (Å²) in [5, 5.41) is 6.98. The van der Waals surface area contributed by atoms with E-state index >= 15 is 0 Å². The van der Waals surface area contributed by atoms with Crippen molar-refractivity contribution < 1.29 is 4.79 Å². The predicted molar refractivity (Wildman–Crippen MR) is 107 cm³/mol. The summed E-state index contributed by atoms with van der Waals surface area (Å²) in [7, 11) is 0. The lowest BCUT2D eigenvalue weighted by atomic mass is 9.82. The monoisotopic (exact) mass is 362 g/mol. The fourth-order valence-corrected chi connectivity index (χ4v) is 4.97. The van der Waals surface area contributed by atoms with Crippen LogP contribution in [0.1, 0.15) is 71.6 Å². The van der Waals surface area contributed by atoms with E-state index in [1.165, 1.54) is 38.5 Å². The number of hydrogen-bond acceptors (Lipinski definition) is 2. The van der Waals surface area contributed by atoms with Gasteiger partial charge in [-0.3, -0.25) is 9.79 Å². The molecule has 5 nitrogen and oxygen atoms in total. The van der Waals surface area contributed by atoms with Gasteiger partial charge < -0.3 is 15.5 Å². The molecule has 148 valence electrons. The molecule has 0 spiro atoms. The number of nitrogens with zero attached hydrogens (tertiary/aromatic N) is 2. The predicted octanol–water partition coefficient (Wildman–Crippen LogP) is 3.16. The Morgan fingerprint density at radius 3 is 2.65 bits per heavy atom. The first-order valence-electron chi connectivity index (χ1n) is 11.0. The number of hydrogen-bond donors (Lipinski definition) is 2. The summed E-state index contributed by atoms with van der Waals surface area (Å²) in [6, 6.07) is 0.337. The molecule has 1 saturated heterocycles. The van der Waals surface area contributed by atoms with Gasteiger partial charge in [0.25, 0.3) is 0 Å². The number of likely N-dealkylation sites (tertiary alicyclic amines) is 1. The minimum atomic E-state index is 0.295. The van der Waals surface area contributed by atoms with Gasteiger partial charge in [0.15, 0.2) is 5.96 Å². The van der Waals surface area contributed by atoms with E-state index in [-0.39, 0.29) is 0 Å². The SMILES string of the molecule is CCNC(=NCC1CCCC(C)C1)NC1CCN(C(=O)C2CCCC2)C1. The molecule has 3 aliphatic rings. The van der Waals surface area contributed by atoms with Crippen LogP contribution in [0.15, 0.2) is 4.99 Å². The number of aliphatic imine (C=N–C) groups is 1. The zero-order valence-corrected chi connectivity index (χ0v) is 16.8. The molecule has 1 heterocycles. The minimum absolute atomic E-state index is 0.295. The lowest BCUT2D eigenvalue weighted by molar-refractivity contribution is -0.134. The molecule has 3 rings (SSSR count). The molecule has 0 aromatic carbocycles. The normalized spacial score (nSPS) is 30.6. The van der Waals surface area contributed by atoms with E-state index in [1.807, 2.05) is 0 Å². The van der Waals surface area contributed by atoms with Crippen molar-refractivity contribution in [2.24, 2.45) is 22.7 Å². The van der Waals surface area contributed by atoms with Crippen molar-refractivity contribution in [3.8, 4) is 0 Å². The van der Waals surface area contributed by atoms with E-state index in [4.69, 9.17) is 4.99 Å². The van der Waals surface area contributed by atoms with Crippen molar-refractivity contribution in [3.63, 3.8) is 0 Å². The number of carbonyl (C=O) groups excluding carboxylic acids is 1. The van der Waals surface area contributed by atoms with Gasteiger partial charge in [-0.1, -0.05) is 32.6 Å². The molecule has 26 heavy (non-hydrogen) atoms. The Balaban J connectivity index is 1.48. The highest BCUT2D eigenvalue weighted by atomic mass is 16.2. The van der Waals surface area contributed by atoms with E-state index < -0.39 is 0 Å². The molecule has 2 aliphatic carbocycles. The molecule has 1 amide bonds. The van der Waals surface area contributed by atoms with E-state index in [0.29, 0.717) is 17.9 Å².